The van der Waals surface area contributed by atoms with Crippen molar-refractivity contribution < 1.29 is 9.47 Å². The highest BCUT2D eigenvalue weighted by molar-refractivity contribution is 5.13. The molecule has 1 saturated heterocycles. The van der Waals surface area contributed by atoms with Crippen molar-refractivity contribution in [3.8, 4) is 0 Å². The summed E-state index contributed by atoms with van der Waals surface area (Å²) in [6.07, 6.45) is 1.32. The topological polar surface area (TPSA) is 18.5 Å². The van der Waals surface area contributed by atoms with Gasteiger partial charge in [-0.1, -0.05) is 30.3 Å². The van der Waals surface area contributed by atoms with Crippen LogP contribution in [0, 0.1) is 6.61 Å². The van der Waals surface area contributed by atoms with E-state index in [9.17, 15) is 0 Å². The summed E-state index contributed by atoms with van der Waals surface area (Å²) in [5, 5.41) is 0. The molecule has 0 amide bonds. The molecule has 1 aromatic rings. The van der Waals surface area contributed by atoms with Crippen LogP contribution in [-0.4, -0.2) is 12.7 Å². The normalized spacial score (nSPS) is 20.5. The molecule has 0 N–H and O–H groups in total. The number of benzene rings is 1. The molecular formula is C11H13O2+. The fourth-order valence-electron chi connectivity index (χ4n) is 1.22. The highest BCUT2D eigenvalue weighted by atomic mass is 16.5. The van der Waals surface area contributed by atoms with Gasteiger partial charge in [0.1, 0.15) is 0 Å². The van der Waals surface area contributed by atoms with Crippen molar-refractivity contribution >= 4 is 0 Å². The zero-order chi connectivity index (χ0) is 8.93. The summed E-state index contributed by atoms with van der Waals surface area (Å²) in [7, 11) is 0. The highest BCUT2D eigenvalue weighted by Crippen LogP contribution is 2.16. The number of hydrogen-bond acceptors (Lipinski definition) is 2. The van der Waals surface area contributed by atoms with Gasteiger partial charge in [-0.3, -0.25) is 0 Å². The van der Waals surface area contributed by atoms with Crippen molar-refractivity contribution in [1.29, 1.82) is 0 Å². The van der Waals surface area contributed by atoms with Crippen LogP contribution in [-0.2, 0) is 16.1 Å². The van der Waals surface area contributed by atoms with Gasteiger partial charge < -0.3 is 4.74 Å². The molecule has 0 aliphatic carbocycles. The van der Waals surface area contributed by atoms with Gasteiger partial charge in [0.25, 0.3) is 0 Å². The fourth-order valence-corrected chi connectivity index (χ4v) is 1.22. The summed E-state index contributed by atoms with van der Waals surface area (Å²) in [6, 6.07) is 10.2. The lowest BCUT2D eigenvalue weighted by atomic mass is 10.2. The number of ether oxygens (including phenoxy) is 2. The third kappa shape index (κ3) is 2.47. The van der Waals surface area contributed by atoms with Crippen molar-refractivity contribution in [2.24, 2.45) is 0 Å². The van der Waals surface area contributed by atoms with Crippen molar-refractivity contribution in [2.45, 2.75) is 19.1 Å². The summed E-state index contributed by atoms with van der Waals surface area (Å²) in [5.74, 6) is 0. The van der Waals surface area contributed by atoms with Gasteiger partial charge in [0.15, 0.2) is 12.5 Å². The van der Waals surface area contributed by atoms with Gasteiger partial charge in [0, 0.05) is 0 Å². The summed E-state index contributed by atoms with van der Waals surface area (Å²) in [6.45, 7) is 3.20. The lowest BCUT2D eigenvalue weighted by Gasteiger charge is -2.15. The zero-order valence-electron chi connectivity index (χ0n) is 7.48. The van der Waals surface area contributed by atoms with Gasteiger partial charge in [-0.05, 0) is 5.56 Å². The first-order valence-corrected chi connectivity index (χ1v) is 4.54. The van der Waals surface area contributed by atoms with Gasteiger partial charge in [0.05, 0.1) is 13.2 Å². The van der Waals surface area contributed by atoms with Gasteiger partial charge >= 0.3 is 0 Å². The molecule has 1 aliphatic heterocycles. The zero-order valence-corrected chi connectivity index (χ0v) is 7.48. The summed E-state index contributed by atoms with van der Waals surface area (Å²) in [4.78, 5) is 0. The lowest BCUT2D eigenvalue weighted by Crippen LogP contribution is -2.27. The van der Waals surface area contributed by atoms with E-state index < -0.39 is 0 Å². The highest BCUT2D eigenvalue weighted by Gasteiger charge is 2.29. The first-order chi connectivity index (χ1) is 6.45. The van der Waals surface area contributed by atoms with Crippen molar-refractivity contribution in [3.63, 3.8) is 0 Å². The molecule has 1 fully saturated rings. The maximum Gasteiger partial charge on any atom is 0.231 e. The lowest BCUT2D eigenvalue weighted by molar-refractivity contribution is -0.0557. The molecule has 2 rings (SSSR count). The third-order valence-corrected chi connectivity index (χ3v) is 2.06. The van der Waals surface area contributed by atoms with Crippen LogP contribution in [0.3, 0.4) is 0 Å². The summed E-state index contributed by atoms with van der Waals surface area (Å²) >= 11 is 0. The second-order valence-electron chi connectivity index (χ2n) is 3.16. The van der Waals surface area contributed by atoms with Gasteiger partial charge in [-0.25, -0.2) is 0 Å². The Labute approximate surface area is 78.5 Å². The van der Waals surface area contributed by atoms with Gasteiger partial charge in [-0.15, -0.1) is 0 Å². The van der Waals surface area contributed by atoms with E-state index >= 15 is 0 Å². The smallest absolute Gasteiger partial charge is 0.231 e. The van der Waals surface area contributed by atoms with Crippen LogP contribution < -0.4 is 0 Å². The molecule has 13 heavy (non-hydrogen) atoms. The van der Waals surface area contributed by atoms with Crippen LogP contribution in [0.5, 0.6) is 0 Å². The first kappa shape index (κ1) is 8.60. The van der Waals surface area contributed by atoms with Crippen LogP contribution in [0.1, 0.15) is 12.0 Å². The van der Waals surface area contributed by atoms with E-state index in [-0.39, 0.29) is 0 Å². The fraction of sp³-hybridized carbons (Fsp3) is 0.364. The summed E-state index contributed by atoms with van der Waals surface area (Å²) < 4.78 is 10.6. The van der Waals surface area contributed by atoms with E-state index in [1.54, 1.807) is 0 Å². The van der Waals surface area contributed by atoms with E-state index in [2.05, 4.69) is 12.1 Å². The average molecular weight is 177 g/mol. The van der Waals surface area contributed by atoms with Crippen molar-refractivity contribution in [1.82, 2.24) is 0 Å². The molecule has 2 nitrogen and oxygen atoms in total. The van der Waals surface area contributed by atoms with Gasteiger partial charge in [0.2, 0.25) is 6.61 Å². The summed E-state index contributed by atoms with van der Waals surface area (Å²) in [5.41, 5.74) is 1.21. The van der Waals surface area contributed by atoms with Crippen LogP contribution >= 0.6 is 0 Å². The Morgan fingerprint density at radius 3 is 2.77 bits per heavy atom. The molecule has 1 aliphatic rings. The molecule has 0 radical (unpaired) electrons. The minimum absolute atomic E-state index is 0.295. The molecular weight excluding hydrogens is 164 g/mol. The average Bonchev–Trinajstić information content (AvgIpc) is 2.11. The Balaban J connectivity index is 1.67. The van der Waals surface area contributed by atoms with E-state index in [0.29, 0.717) is 19.3 Å². The van der Waals surface area contributed by atoms with Crippen molar-refractivity contribution in [2.75, 3.05) is 6.61 Å². The van der Waals surface area contributed by atoms with E-state index in [1.165, 1.54) is 5.56 Å². The Hall–Kier alpha value is -0.990. The van der Waals surface area contributed by atoms with Crippen molar-refractivity contribution in [3.05, 3.63) is 42.5 Å². The molecule has 1 heterocycles. The largest absolute Gasteiger partial charge is 0.374 e. The second-order valence-corrected chi connectivity index (χ2v) is 3.16. The maximum atomic E-state index is 5.48. The predicted octanol–water partition coefficient (Wildman–Crippen LogP) is 2.15. The van der Waals surface area contributed by atoms with E-state index in [0.717, 1.165) is 6.42 Å². The monoisotopic (exact) mass is 177 g/mol. The van der Waals surface area contributed by atoms with Crippen LogP contribution in [0.15, 0.2) is 30.3 Å². The Kier molecular flexibility index (Phi) is 2.85. The Morgan fingerprint density at radius 1 is 1.38 bits per heavy atom. The molecule has 0 saturated carbocycles. The molecule has 1 atom stereocenters. The molecule has 68 valence electrons. The Morgan fingerprint density at radius 2 is 2.15 bits per heavy atom. The molecule has 2 heteroatoms. The quantitative estimate of drug-likeness (QED) is 0.656. The molecule has 0 aromatic heterocycles. The van der Waals surface area contributed by atoms with Crippen LogP contribution in [0.25, 0.3) is 0 Å². The third-order valence-electron chi connectivity index (χ3n) is 2.06. The van der Waals surface area contributed by atoms with E-state index in [1.807, 2.05) is 24.8 Å². The van der Waals surface area contributed by atoms with E-state index in [4.69, 9.17) is 9.47 Å². The predicted molar refractivity (Wildman–Crippen MR) is 49.9 cm³/mol. The maximum absolute atomic E-state index is 5.48. The number of rotatable bonds is 4. The number of hydrogen-bond donors (Lipinski definition) is 0. The molecule has 1 aromatic carbocycles. The van der Waals surface area contributed by atoms with Crippen LogP contribution in [0.4, 0.5) is 0 Å². The second kappa shape index (κ2) is 4.30. The minimum atomic E-state index is 0.295. The van der Waals surface area contributed by atoms with Crippen LogP contribution in [0.2, 0.25) is 0 Å². The SMILES string of the molecule is c1ccc(COC[C@@H]2C[CH+]O2)cc1. The van der Waals surface area contributed by atoms with Gasteiger partial charge in [-0.2, -0.15) is 4.74 Å². The standard InChI is InChI=1S/C11H13O2/c1-2-4-10(5-3-1)8-12-9-11-6-7-13-11/h1-5,7,11H,6,8-9H2/q+1/t11-/m0/s1. The Bertz CT molecular complexity index is 242. The first-order valence-electron chi connectivity index (χ1n) is 4.54. The molecule has 0 unspecified atom stereocenters. The molecule has 0 spiro atoms. The molecule has 0 bridgehead atoms. The minimum Gasteiger partial charge on any atom is -0.374 e.